The van der Waals surface area contributed by atoms with Crippen molar-refractivity contribution in [2.75, 3.05) is 31.6 Å². The third-order valence-corrected chi connectivity index (χ3v) is 7.97. The van der Waals surface area contributed by atoms with Crippen LogP contribution in [0.4, 0.5) is 45.2 Å². The van der Waals surface area contributed by atoms with Gasteiger partial charge in [0.1, 0.15) is 5.75 Å². The van der Waals surface area contributed by atoms with Crippen molar-refractivity contribution in [2.24, 2.45) is 16.9 Å². The number of hydrogen-bond acceptors (Lipinski definition) is 8. The van der Waals surface area contributed by atoms with Crippen molar-refractivity contribution in [3.63, 3.8) is 0 Å². The third kappa shape index (κ3) is 9.47. The van der Waals surface area contributed by atoms with Gasteiger partial charge in [0.2, 0.25) is 5.96 Å². The minimum Gasteiger partial charge on any atom is -0.406 e. The van der Waals surface area contributed by atoms with E-state index in [-0.39, 0.29) is 48.1 Å². The van der Waals surface area contributed by atoms with Crippen molar-refractivity contribution >= 4 is 11.6 Å². The van der Waals surface area contributed by atoms with Gasteiger partial charge in [0.25, 0.3) is 0 Å². The Morgan fingerprint density at radius 2 is 1.48 bits per heavy atom. The summed E-state index contributed by atoms with van der Waals surface area (Å²) in [4.78, 5) is 3.29. The van der Waals surface area contributed by atoms with Gasteiger partial charge in [0.15, 0.2) is 0 Å². The predicted octanol–water partition coefficient (Wildman–Crippen LogP) is 6.48. The summed E-state index contributed by atoms with van der Waals surface area (Å²) in [6.45, 7) is 2.19. The van der Waals surface area contributed by atoms with Crippen LogP contribution in [-0.4, -0.2) is 54.2 Å². The Morgan fingerprint density at radius 1 is 0.870 bits per heavy atom. The number of alkyl halides is 9. The number of aliphatic hydroxyl groups is 1. The Hall–Kier alpha value is -3.60. The van der Waals surface area contributed by atoms with E-state index in [1.54, 1.807) is 0 Å². The summed E-state index contributed by atoms with van der Waals surface area (Å²) < 4.78 is 125. The Kier molecular flexibility index (Phi) is 10.8. The van der Waals surface area contributed by atoms with Gasteiger partial charge in [-0.2, -0.15) is 26.3 Å². The molecule has 8 nitrogen and oxygen atoms in total. The zero-order valence-electron chi connectivity index (χ0n) is 25.0. The second-order valence-electron chi connectivity index (χ2n) is 11.4. The summed E-state index contributed by atoms with van der Waals surface area (Å²) in [7, 11) is 1.51. The van der Waals surface area contributed by atoms with Crippen LogP contribution in [0.5, 0.6) is 5.75 Å². The summed E-state index contributed by atoms with van der Waals surface area (Å²) >= 11 is 0. The molecule has 0 atom stereocenters. The van der Waals surface area contributed by atoms with E-state index in [0.29, 0.717) is 30.9 Å². The van der Waals surface area contributed by atoms with Gasteiger partial charge in [-0.05, 0) is 92.0 Å². The Balaban J connectivity index is 1.73. The van der Waals surface area contributed by atoms with Crippen molar-refractivity contribution in [2.45, 2.75) is 64.4 Å². The van der Waals surface area contributed by atoms with E-state index < -0.39 is 42.1 Å². The van der Waals surface area contributed by atoms with E-state index in [9.17, 15) is 44.6 Å². The lowest BCUT2D eigenvalue weighted by Crippen LogP contribution is -2.44. The molecular weight excluding hydrogens is 635 g/mol. The molecule has 1 fully saturated rings. The molecule has 0 amide bonds. The van der Waals surface area contributed by atoms with Crippen molar-refractivity contribution in [1.29, 1.82) is 0 Å². The lowest BCUT2D eigenvalue weighted by molar-refractivity contribution is -0.274. The molecule has 2 aromatic carbocycles. The molecule has 0 radical (unpaired) electrons. The Labute approximate surface area is 259 Å². The van der Waals surface area contributed by atoms with Gasteiger partial charge < -0.3 is 19.6 Å². The Morgan fingerprint density at radius 3 is 1.98 bits per heavy atom. The molecule has 0 unspecified atom stereocenters. The van der Waals surface area contributed by atoms with E-state index in [1.165, 1.54) is 23.1 Å². The smallest absolute Gasteiger partial charge is 0.406 e. The van der Waals surface area contributed by atoms with Crippen LogP contribution >= 0.6 is 0 Å². The molecule has 4 rings (SSSR count). The molecule has 17 heteroatoms. The molecule has 1 aliphatic heterocycles. The van der Waals surface area contributed by atoms with Crippen molar-refractivity contribution in [3.05, 3.63) is 58.7 Å². The Bertz CT molecular complexity index is 1330. The number of hydrazone groups is 1. The van der Waals surface area contributed by atoms with Crippen LogP contribution in [0.3, 0.4) is 0 Å². The second kappa shape index (κ2) is 14.0. The molecule has 0 aromatic heterocycles. The molecule has 1 aliphatic carbocycles. The normalized spacial score (nSPS) is 19.3. The molecule has 0 saturated heterocycles. The van der Waals surface area contributed by atoms with Crippen LogP contribution in [0.2, 0.25) is 0 Å². The number of halogens is 9. The van der Waals surface area contributed by atoms with E-state index in [2.05, 4.69) is 20.8 Å². The summed E-state index contributed by atoms with van der Waals surface area (Å²) in [5.41, 5.74) is 2.79. The van der Waals surface area contributed by atoms with E-state index in [0.717, 1.165) is 37.8 Å². The number of hydrazine groups is 2. The maximum absolute atomic E-state index is 13.6. The van der Waals surface area contributed by atoms with Crippen LogP contribution in [-0.2, 0) is 25.4 Å². The molecular formula is C29H35F9N6O2. The number of anilines is 1. The van der Waals surface area contributed by atoms with Crippen molar-refractivity contribution < 1.29 is 49.4 Å². The summed E-state index contributed by atoms with van der Waals surface area (Å²) in [6, 6.07) is 4.99. The largest absolute Gasteiger partial charge is 0.573 e. The van der Waals surface area contributed by atoms with Gasteiger partial charge in [0, 0.05) is 45.5 Å². The number of hydrogen-bond donors (Lipinski definition) is 3. The molecule has 2 aliphatic rings. The van der Waals surface area contributed by atoms with Crippen LogP contribution in [0.15, 0.2) is 41.5 Å². The number of guanidine groups is 1. The maximum Gasteiger partial charge on any atom is 0.573 e. The summed E-state index contributed by atoms with van der Waals surface area (Å²) in [5, 5.41) is 14.8. The fourth-order valence-corrected chi connectivity index (χ4v) is 5.71. The molecule has 256 valence electrons. The first kappa shape index (κ1) is 35.3. The van der Waals surface area contributed by atoms with Crippen LogP contribution in [0.1, 0.15) is 54.9 Å². The van der Waals surface area contributed by atoms with Gasteiger partial charge in [-0.15, -0.1) is 23.4 Å². The number of benzene rings is 2. The average molecular weight is 671 g/mol. The fourth-order valence-electron chi connectivity index (χ4n) is 5.71. The van der Waals surface area contributed by atoms with Crippen molar-refractivity contribution in [3.8, 4) is 5.75 Å². The van der Waals surface area contributed by atoms with Crippen LogP contribution in [0, 0.1) is 11.8 Å². The molecule has 3 N–H and O–H groups in total. The summed E-state index contributed by atoms with van der Waals surface area (Å²) in [5.74, 6) is -0.0792. The zero-order chi connectivity index (χ0) is 33.9. The molecule has 2 aromatic rings. The standard InChI is InChI=1S/C29H35F9N6O2/c1-3-43(14-18-4-6-19(17-45)7-5-18)25-9-8-24(46-29(36,37)38)12-21(25)16-44(26-39-41-42(2)40-26)15-20-10-22(27(30,31)32)13-23(11-20)28(33,34)35/h8-13,18-19,41,45H,3-7,14-17H2,1-2H3,(H,39,40). The number of nitrogens with zero attached hydrogens (tertiary/aromatic N) is 4. The molecule has 0 bridgehead atoms. The number of aliphatic hydroxyl groups excluding tert-OH is 1. The first-order valence-corrected chi connectivity index (χ1v) is 14.6. The van der Waals surface area contributed by atoms with Crippen molar-refractivity contribution in [1.82, 2.24) is 21.0 Å². The lowest BCUT2D eigenvalue weighted by Gasteiger charge is -2.35. The highest BCUT2D eigenvalue weighted by Gasteiger charge is 2.37. The maximum atomic E-state index is 13.6. The highest BCUT2D eigenvalue weighted by molar-refractivity contribution is 5.80. The zero-order valence-corrected chi connectivity index (χ0v) is 25.0. The van der Waals surface area contributed by atoms with E-state index in [4.69, 9.17) is 0 Å². The lowest BCUT2D eigenvalue weighted by atomic mass is 9.82. The molecule has 0 spiro atoms. The SMILES string of the molecule is CCN(CC1CCC(CO)CC1)c1ccc(OC(F)(F)F)cc1CN(Cc1cc(C(F)(F)F)cc(C(F)(F)F)c1)C1=NNN(C)N1. The minimum absolute atomic E-state index is 0.00642. The molecule has 46 heavy (non-hydrogen) atoms. The predicted molar refractivity (Wildman–Crippen MR) is 151 cm³/mol. The van der Waals surface area contributed by atoms with Crippen LogP contribution < -0.4 is 20.6 Å². The monoisotopic (exact) mass is 670 g/mol. The third-order valence-electron chi connectivity index (χ3n) is 7.97. The van der Waals surface area contributed by atoms with E-state index in [1.807, 2.05) is 11.8 Å². The quantitative estimate of drug-likeness (QED) is 0.250. The summed E-state index contributed by atoms with van der Waals surface area (Å²) in [6.07, 6.45) is -11.8. The highest BCUT2D eigenvalue weighted by Crippen LogP contribution is 2.38. The minimum atomic E-state index is -5.07. The number of ether oxygens (including phenoxy) is 1. The number of rotatable bonds is 10. The molecule has 1 saturated carbocycles. The van der Waals surface area contributed by atoms with Gasteiger partial charge in [0.05, 0.1) is 11.1 Å². The molecule has 1 heterocycles. The highest BCUT2D eigenvalue weighted by atomic mass is 19.4. The van der Waals surface area contributed by atoms with Gasteiger partial charge in [-0.3, -0.25) is 5.43 Å². The first-order chi connectivity index (χ1) is 21.4. The van der Waals surface area contributed by atoms with Crippen LogP contribution in [0.25, 0.3) is 0 Å². The topological polar surface area (TPSA) is 75.6 Å². The number of nitrogens with one attached hydrogen (secondary N) is 2. The van der Waals surface area contributed by atoms with Gasteiger partial charge in [-0.1, -0.05) is 0 Å². The first-order valence-electron chi connectivity index (χ1n) is 14.6. The fraction of sp³-hybridized carbons (Fsp3) is 0.552. The second-order valence-corrected chi connectivity index (χ2v) is 11.4. The van der Waals surface area contributed by atoms with Gasteiger partial charge in [-0.25, -0.2) is 5.53 Å². The average Bonchev–Trinajstić information content (AvgIpc) is 3.40. The van der Waals surface area contributed by atoms with Gasteiger partial charge >= 0.3 is 18.7 Å². The van der Waals surface area contributed by atoms with E-state index >= 15 is 0 Å².